The number of amides is 2. The Morgan fingerprint density at radius 2 is 1.58 bits per heavy atom. The van der Waals surface area contributed by atoms with Crippen LogP contribution in [0.15, 0.2) is 53.0 Å². The zero-order valence-corrected chi connectivity index (χ0v) is 19.6. The number of piperazine rings is 1. The van der Waals surface area contributed by atoms with Gasteiger partial charge in [-0.05, 0) is 67.9 Å². The van der Waals surface area contributed by atoms with Crippen LogP contribution in [0.1, 0.15) is 6.42 Å². The number of fused-ring (bicyclic) bond motifs is 1. The number of nitrogens with one attached hydrogen (secondary N) is 1. The fraction of sp³-hybridized carbons (Fsp3) is 0.458. The molecule has 1 N–H and O–H groups in total. The van der Waals surface area contributed by atoms with Crippen molar-refractivity contribution in [1.29, 1.82) is 0 Å². The summed E-state index contributed by atoms with van der Waals surface area (Å²) in [4.78, 5) is 22.0. The van der Waals surface area contributed by atoms with Crippen LogP contribution in [0.5, 0.6) is 0 Å². The number of likely N-dealkylation sites (N-methyl/N-ethyl adjacent to an activating group) is 1. The zero-order valence-electron chi connectivity index (χ0n) is 18.0. The topological polar surface area (TPSA) is 42.1 Å². The summed E-state index contributed by atoms with van der Waals surface area (Å²) in [5.41, 5.74) is 3.34. The number of nitrogens with zero attached hydrogens (tertiary/aromatic N) is 4. The lowest BCUT2D eigenvalue weighted by atomic mass is 10.0. The molecular formula is C24H30BrN5O. The van der Waals surface area contributed by atoms with E-state index in [1.165, 1.54) is 24.3 Å². The minimum Gasteiger partial charge on any atom is -0.368 e. The summed E-state index contributed by atoms with van der Waals surface area (Å²) >= 11 is 3.48. The zero-order chi connectivity index (χ0) is 21.4. The van der Waals surface area contributed by atoms with Crippen molar-refractivity contribution >= 4 is 39.0 Å². The molecular weight excluding hydrogens is 454 g/mol. The highest BCUT2D eigenvalue weighted by molar-refractivity contribution is 9.10. The number of likely N-dealkylation sites (tertiary alicyclic amines) is 1. The maximum atomic E-state index is 12.8. The molecule has 3 heterocycles. The first-order chi connectivity index (χ1) is 15.1. The van der Waals surface area contributed by atoms with Gasteiger partial charge in [0.05, 0.1) is 0 Å². The van der Waals surface area contributed by atoms with E-state index in [4.69, 9.17) is 0 Å². The van der Waals surface area contributed by atoms with Crippen molar-refractivity contribution in [1.82, 2.24) is 9.80 Å². The fourth-order valence-corrected chi connectivity index (χ4v) is 5.52. The molecule has 3 aliphatic heterocycles. The molecule has 0 aliphatic carbocycles. The number of carbonyl (C=O) groups is 1. The smallest absolute Gasteiger partial charge is 0.321 e. The quantitative estimate of drug-likeness (QED) is 0.717. The summed E-state index contributed by atoms with van der Waals surface area (Å²) in [6, 6.07) is 17.4. The molecule has 0 saturated carbocycles. The molecule has 0 unspecified atom stereocenters. The first kappa shape index (κ1) is 20.6. The Hall–Kier alpha value is -2.25. The van der Waals surface area contributed by atoms with Crippen LogP contribution < -0.4 is 15.1 Å². The Balaban J connectivity index is 1.15. The number of anilines is 3. The molecule has 2 amide bonds. The maximum absolute atomic E-state index is 12.8. The van der Waals surface area contributed by atoms with E-state index in [0.29, 0.717) is 6.04 Å². The SMILES string of the molecule is CN1C[C@H]2CCN(c3ccc(NC(=O)N4CCN(c5ccc(Br)cc5)CC4)cc3)[C@H]2C1. The van der Waals surface area contributed by atoms with Gasteiger partial charge in [0.25, 0.3) is 0 Å². The highest BCUT2D eigenvalue weighted by atomic mass is 79.9. The largest absolute Gasteiger partial charge is 0.368 e. The van der Waals surface area contributed by atoms with Gasteiger partial charge in [0, 0.05) is 73.4 Å². The van der Waals surface area contributed by atoms with Crippen LogP contribution in [0.3, 0.4) is 0 Å². The monoisotopic (exact) mass is 483 g/mol. The lowest BCUT2D eigenvalue weighted by Crippen LogP contribution is -2.50. The average molecular weight is 484 g/mol. The van der Waals surface area contributed by atoms with Crippen molar-refractivity contribution in [2.45, 2.75) is 12.5 Å². The molecule has 2 atom stereocenters. The van der Waals surface area contributed by atoms with E-state index >= 15 is 0 Å². The third kappa shape index (κ3) is 4.39. The summed E-state index contributed by atoms with van der Waals surface area (Å²) in [7, 11) is 2.22. The summed E-state index contributed by atoms with van der Waals surface area (Å²) in [6.07, 6.45) is 1.28. The summed E-state index contributed by atoms with van der Waals surface area (Å²) in [5, 5.41) is 3.08. The molecule has 3 fully saturated rings. The van der Waals surface area contributed by atoms with Gasteiger partial charge in [-0.1, -0.05) is 15.9 Å². The van der Waals surface area contributed by atoms with Gasteiger partial charge in [-0.2, -0.15) is 0 Å². The fourth-order valence-electron chi connectivity index (χ4n) is 5.25. The molecule has 2 aromatic rings. The number of halogens is 1. The van der Waals surface area contributed by atoms with Gasteiger partial charge < -0.3 is 24.9 Å². The number of carbonyl (C=O) groups excluding carboxylic acids is 1. The van der Waals surface area contributed by atoms with Gasteiger partial charge in [0.2, 0.25) is 0 Å². The summed E-state index contributed by atoms with van der Waals surface area (Å²) in [6.45, 7) is 6.64. The number of benzene rings is 2. The molecule has 31 heavy (non-hydrogen) atoms. The van der Waals surface area contributed by atoms with Crippen LogP contribution in [-0.4, -0.2) is 74.7 Å². The highest BCUT2D eigenvalue weighted by Crippen LogP contribution is 2.34. The van der Waals surface area contributed by atoms with Crippen LogP contribution in [0.2, 0.25) is 0 Å². The third-order valence-corrected chi connectivity index (χ3v) is 7.47. The maximum Gasteiger partial charge on any atom is 0.321 e. The minimum absolute atomic E-state index is 0.0122. The third-order valence-electron chi connectivity index (χ3n) is 6.94. The second kappa shape index (κ2) is 8.71. The molecule has 0 spiro atoms. The highest BCUT2D eigenvalue weighted by Gasteiger charge is 2.39. The number of urea groups is 1. The molecule has 7 heteroatoms. The van der Waals surface area contributed by atoms with E-state index in [9.17, 15) is 4.79 Å². The molecule has 3 aliphatic rings. The van der Waals surface area contributed by atoms with Gasteiger partial charge in [-0.3, -0.25) is 0 Å². The van der Waals surface area contributed by atoms with Crippen LogP contribution in [0, 0.1) is 5.92 Å². The van der Waals surface area contributed by atoms with Crippen LogP contribution in [-0.2, 0) is 0 Å². The Bertz CT molecular complexity index is 911. The van der Waals surface area contributed by atoms with E-state index in [-0.39, 0.29) is 6.03 Å². The van der Waals surface area contributed by atoms with E-state index in [0.717, 1.165) is 55.3 Å². The van der Waals surface area contributed by atoms with Crippen molar-refractivity contribution in [2.75, 3.05) is 68.0 Å². The standard InChI is InChI=1S/C24H30BrN5O/c1-27-16-18-10-11-30(23(18)17-27)22-8-4-20(5-9-22)26-24(31)29-14-12-28(13-15-29)21-6-2-19(25)3-7-21/h2-9,18,23H,10-17H2,1H3,(H,26,31)/t18-,23+/m1/s1. The van der Waals surface area contributed by atoms with E-state index in [1.807, 2.05) is 17.0 Å². The van der Waals surface area contributed by atoms with Gasteiger partial charge in [0.1, 0.15) is 0 Å². The molecule has 5 rings (SSSR count). The van der Waals surface area contributed by atoms with E-state index in [1.54, 1.807) is 0 Å². The van der Waals surface area contributed by atoms with Gasteiger partial charge >= 0.3 is 6.03 Å². The van der Waals surface area contributed by atoms with Gasteiger partial charge in [-0.15, -0.1) is 0 Å². The predicted molar refractivity (Wildman–Crippen MR) is 130 cm³/mol. The molecule has 0 bridgehead atoms. The molecule has 2 aromatic carbocycles. The normalized spacial score (nSPS) is 23.9. The number of hydrogen-bond acceptors (Lipinski definition) is 4. The Morgan fingerprint density at radius 3 is 2.29 bits per heavy atom. The first-order valence-electron chi connectivity index (χ1n) is 11.2. The second-order valence-electron chi connectivity index (χ2n) is 8.96. The second-order valence-corrected chi connectivity index (χ2v) is 9.87. The van der Waals surface area contributed by atoms with Crippen molar-refractivity contribution in [2.24, 2.45) is 5.92 Å². The average Bonchev–Trinajstić information content (AvgIpc) is 3.34. The van der Waals surface area contributed by atoms with E-state index < -0.39 is 0 Å². The van der Waals surface area contributed by atoms with Crippen LogP contribution in [0.4, 0.5) is 21.9 Å². The molecule has 0 radical (unpaired) electrons. The van der Waals surface area contributed by atoms with Crippen LogP contribution >= 0.6 is 15.9 Å². The van der Waals surface area contributed by atoms with Gasteiger partial charge in [-0.25, -0.2) is 4.79 Å². The molecule has 0 aromatic heterocycles. The molecule has 6 nitrogen and oxygen atoms in total. The predicted octanol–water partition coefficient (Wildman–Crippen LogP) is 3.94. The molecule has 164 valence electrons. The lowest BCUT2D eigenvalue weighted by molar-refractivity contribution is 0.208. The summed E-state index contributed by atoms with van der Waals surface area (Å²) in [5.74, 6) is 0.792. The van der Waals surface area contributed by atoms with Crippen molar-refractivity contribution in [3.63, 3.8) is 0 Å². The van der Waals surface area contributed by atoms with Crippen molar-refractivity contribution in [3.8, 4) is 0 Å². The summed E-state index contributed by atoms with van der Waals surface area (Å²) < 4.78 is 1.08. The Kier molecular flexibility index (Phi) is 5.80. The lowest BCUT2D eigenvalue weighted by Gasteiger charge is -2.36. The Morgan fingerprint density at radius 1 is 0.903 bits per heavy atom. The van der Waals surface area contributed by atoms with E-state index in [2.05, 4.69) is 79.4 Å². The minimum atomic E-state index is -0.0122. The molecule has 3 saturated heterocycles. The number of rotatable bonds is 3. The van der Waals surface area contributed by atoms with Crippen molar-refractivity contribution < 1.29 is 4.79 Å². The number of hydrogen-bond donors (Lipinski definition) is 1. The Labute approximate surface area is 192 Å². The first-order valence-corrected chi connectivity index (χ1v) is 12.0. The van der Waals surface area contributed by atoms with Crippen molar-refractivity contribution in [3.05, 3.63) is 53.0 Å². The van der Waals surface area contributed by atoms with Crippen LogP contribution in [0.25, 0.3) is 0 Å². The van der Waals surface area contributed by atoms with Gasteiger partial charge in [0.15, 0.2) is 0 Å².